The summed E-state index contributed by atoms with van der Waals surface area (Å²) in [6.07, 6.45) is 1.37. The van der Waals surface area contributed by atoms with E-state index in [2.05, 4.69) is 5.10 Å². The molecule has 0 saturated carbocycles. The van der Waals surface area contributed by atoms with Gasteiger partial charge in [-0.2, -0.15) is 5.10 Å². The molecule has 30 heavy (non-hydrogen) atoms. The molecular weight excluding hydrogens is 386 g/mol. The molecule has 4 rings (SSSR count). The average molecular weight is 407 g/mol. The van der Waals surface area contributed by atoms with Crippen molar-refractivity contribution in [2.24, 2.45) is 7.05 Å². The SMILES string of the molecule is Cn1nc(C2CCN(C(=O)c3ccc([N+](=O)[O-])cc3)CC2)n(-c2ccccc2)c1=O. The van der Waals surface area contributed by atoms with Crippen LogP contribution in [-0.2, 0) is 7.05 Å². The van der Waals surface area contributed by atoms with Gasteiger partial charge in [0.25, 0.3) is 11.6 Å². The molecule has 1 saturated heterocycles. The molecule has 2 aromatic carbocycles. The first kappa shape index (κ1) is 19.6. The number of hydrogen-bond acceptors (Lipinski definition) is 5. The third kappa shape index (κ3) is 3.61. The van der Waals surface area contributed by atoms with Crippen LogP contribution in [0, 0.1) is 10.1 Å². The fourth-order valence-electron chi connectivity index (χ4n) is 3.82. The van der Waals surface area contributed by atoms with Gasteiger partial charge in [-0.15, -0.1) is 0 Å². The van der Waals surface area contributed by atoms with Crippen LogP contribution in [-0.4, -0.2) is 43.2 Å². The maximum atomic E-state index is 12.8. The van der Waals surface area contributed by atoms with Gasteiger partial charge in [-0.3, -0.25) is 14.9 Å². The molecule has 3 aromatic rings. The summed E-state index contributed by atoms with van der Waals surface area (Å²) in [6.45, 7) is 1.06. The number of aromatic nitrogens is 3. The molecule has 0 spiro atoms. The van der Waals surface area contributed by atoms with E-state index in [0.717, 1.165) is 5.69 Å². The van der Waals surface area contributed by atoms with Crippen molar-refractivity contribution in [2.75, 3.05) is 13.1 Å². The summed E-state index contributed by atoms with van der Waals surface area (Å²) < 4.78 is 2.98. The Morgan fingerprint density at radius 3 is 2.30 bits per heavy atom. The quantitative estimate of drug-likeness (QED) is 0.488. The van der Waals surface area contributed by atoms with E-state index >= 15 is 0 Å². The van der Waals surface area contributed by atoms with Crippen molar-refractivity contribution in [1.29, 1.82) is 0 Å². The number of amides is 1. The number of nitrogens with zero attached hydrogens (tertiary/aromatic N) is 5. The fourth-order valence-corrected chi connectivity index (χ4v) is 3.82. The molecule has 1 fully saturated rings. The first-order valence-corrected chi connectivity index (χ1v) is 9.71. The number of non-ortho nitro benzene ring substituents is 1. The Hall–Kier alpha value is -3.75. The summed E-state index contributed by atoms with van der Waals surface area (Å²) >= 11 is 0. The van der Waals surface area contributed by atoms with E-state index in [1.807, 2.05) is 30.3 Å². The third-order valence-electron chi connectivity index (χ3n) is 5.44. The number of carbonyl (C=O) groups excluding carboxylic acids is 1. The number of hydrogen-bond donors (Lipinski definition) is 0. The number of piperidine rings is 1. The largest absolute Gasteiger partial charge is 0.350 e. The van der Waals surface area contributed by atoms with E-state index in [9.17, 15) is 19.7 Å². The number of para-hydroxylation sites is 1. The van der Waals surface area contributed by atoms with Gasteiger partial charge in [0.2, 0.25) is 0 Å². The molecule has 0 bridgehead atoms. The number of likely N-dealkylation sites (tertiary alicyclic amines) is 1. The standard InChI is InChI=1S/C21H21N5O4/c1-23-21(28)25(17-5-3-2-4-6-17)19(22-23)15-11-13-24(14-12-15)20(27)16-7-9-18(10-8-16)26(29)30/h2-10,15H,11-14H2,1H3. The molecule has 1 aromatic heterocycles. The molecule has 2 heterocycles. The minimum Gasteiger partial charge on any atom is -0.339 e. The van der Waals surface area contributed by atoms with Crippen molar-refractivity contribution in [2.45, 2.75) is 18.8 Å². The van der Waals surface area contributed by atoms with Gasteiger partial charge in [0, 0.05) is 43.8 Å². The lowest BCUT2D eigenvalue weighted by Crippen LogP contribution is -2.38. The number of rotatable bonds is 4. The Morgan fingerprint density at radius 2 is 1.70 bits per heavy atom. The van der Waals surface area contributed by atoms with Gasteiger partial charge in [0.15, 0.2) is 0 Å². The predicted molar refractivity (Wildman–Crippen MR) is 110 cm³/mol. The second-order valence-corrected chi connectivity index (χ2v) is 7.31. The van der Waals surface area contributed by atoms with Gasteiger partial charge < -0.3 is 4.90 Å². The van der Waals surface area contributed by atoms with E-state index in [-0.39, 0.29) is 23.2 Å². The lowest BCUT2D eigenvalue weighted by atomic mass is 9.95. The monoisotopic (exact) mass is 407 g/mol. The highest BCUT2D eigenvalue weighted by atomic mass is 16.6. The zero-order chi connectivity index (χ0) is 21.3. The summed E-state index contributed by atoms with van der Waals surface area (Å²) in [6, 6.07) is 15.1. The summed E-state index contributed by atoms with van der Waals surface area (Å²) in [5.41, 5.74) is 0.966. The smallest absolute Gasteiger partial charge is 0.339 e. The average Bonchev–Trinajstić information content (AvgIpc) is 3.08. The highest BCUT2D eigenvalue weighted by Crippen LogP contribution is 2.28. The number of aryl methyl sites for hydroxylation is 1. The Kier molecular flexibility index (Phi) is 5.18. The first-order chi connectivity index (χ1) is 14.5. The first-order valence-electron chi connectivity index (χ1n) is 9.71. The molecule has 1 aliphatic heterocycles. The Labute approximate surface area is 172 Å². The van der Waals surface area contributed by atoms with Crippen molar-refractivity contribution in [1.82, 2.24) is 19.2 Å². The van der Waals surface area contributed by atoms with Crippen molar-refractivity contribution in [3.05, 3.63) is 86.6 Å². The van der Waals surface area contributed by atoms with E-state index in [4.69, 9.17) is 0 Å². The van der Waals surface area contributed by atoms with Gasteiger partial charge in [0.05, 0.1) is 10.6 Å². The van der Waals surface area contributed by atoms with Crippen LogP contribution in [0.1, 0.15) is 34.9 Å². The van der Waals surface area contributed by atoms with Gasteiger partial charge in [-0.05, 0) is 37.1 Å². The lowest BCUT2D eigenvalue weighted by Gasteiger charge is -2.31. The molecule has 1 aliphatic rings. The topological polar surface area (TPSA) is 103 Å². The second kappa shape index (κ2) is 7.94. The van der Waals surface area contributed by atoms with Gasteiger partial charge in [-0.25, -0.2) is 14.0 Å². The van der Waals surface area contributed by atoms with Crippen LogP contribution in [0.15, 0.2) is 59.4 Å². The van der Waals surface area contributed by atoms with Crippen molar-refractivity contribution in [3.63, 3.8) is 0 Å². The van der Waals surface area contributed by atoms with E-state index in [0.29, 0.717) is 37.3 Å². The van der Waals surface area contributed by atoms with Crippen LogP contribution < -0.4 is 5.69 Å². The van der Waals surface area contributed by atoms with Crippen molar-refractivity contribution >= 4 is 11.6 Å². The van der Waals surface area contributed by atoms with Gasteiger partial charge in [-0.1, -0.05) is 18.2 Å². The minimum atomic E-state index is -0.487. The van der Waals surface area contributed by atoms with Gasteiger partial charge in [0.1, 0.15) is 5.82 Å². The summed E-state index contributed by atoms with van der Waals surface area (Å²) in [7, 11) is 1.64. The van der Waals surface area contributed by atoms with E-state index in [1.165, 1.54) is 28.9 Å². The number of nitro groups is 1. The lowest BCUT2D eigenvalue weighted by molar-refractivity contribution is -0.384. The normalized spacial score (nSPS) is 14.6. The molecule has 1 amide bonds. The molecule has 9 nitrogen and oxygen atoms in total. The molecule has 154 valence electrons. The third-order valence-corrected chi connectivity index (χ3v) is 5.44. The van der Waals surface area contributed by atoms with Crippen LogP contribution in [0.2, 0.25) is 0 Å². The van der Waals surface area contributed by atoms with E-state index < -0.39 is 4.92 Å². The second-order valence-electron chi connectivity index (χ2n) is 7.31. The maximum Gasteiger partial charge on any atom is 0.350 e. The Bertz CT molecular complexity index is 1130. The zero-order valence-electron chi connectivity index (χ0n) is 16.5. The minimum absolute atomic E-state index is 0.0423. The predicted octanol–water partition coefficient (Wildman–Crippen LogP) is 2.50. The summed E-state index contributed by atoms with van der Waals surface area (Å²) in [5.74, 6) is 0.612. The Balaban J connectivity index is 1.50. The number of carbonyl (C=O) groups is 1. The van der Waals surface area contributed by atoms with Crippen LogP contribution >= 0.6 is 0 Å². The van der Waals surface area contributed by atoms with Crippen molar-refractivity contribution < 1.29 is 9.72 Å². The number of nitro benzene ring substituents is 1. The number of benzene rings is 2. The molecule has 0 atom stereocenters. The molecule has 0 aliphatic carbocycles. The highest BCUT2D eigenvalue weighted by molar-refractivity contribution is 5.94. The van der Waals surface area contributed by atoms with Crippen LogP contribution in [0.4, 0.5) is 5.69 Å². The van der Waals surface area contributed by atoms with Gasteiger partial charge >= 0.3 is 5.69 Å². The molecule has 9 heteroatoms. The molecule has 0 radical (unpaired) electrons. The molecular formula is C21H21N5O4. The molecule has 0 N–H and O–H groups in total. The molecule has 0 unspecified atom stereocenters. The Morgan fingerprint density at radius 1 is 1.07 bits per heavy atom. The zero-order valence-corrected chi connectivity index (χ0v) is 16.5. The van der Waals surface area contributed by atoms with Crippen LogP contribution in [0.3, 0.4) is 0 Å². The highest BCUT2D eigenvalue weighted by Gasteiger charge is 2.29. The summed E-state index contributed by atoms with van der Waals surface area (Å²) in [4.78, 5) is 37.4. The fraction of sp³-hybridized carbons (Fsp3) is 0.286. The van der Waals surface area contributed by atoms with E-state index in [1.54, 1.807) is 16.5 Å². The van der Waals surface area contributed by atoms with Crippen LogP contribution in [0.5, 0.6) is 0 Å². The van der Waals surface area contributed by atoms with Crippen LogP contribution in [0.25, 0.3) is 5.69 Å². The van der Waals surface area contributed by atoms with Crippen molar-refractivity contribution in [3.8, 4) is 5.69 Å². The maximum absolute atomic E-state index is 12.8. The summed E-state index contributed by atoms with van der Waals surface area (Å²) in [5, 5.41) is 15.3.